The summed E-state index contributed by atoms with van der Waals surface area (Å²) in [6.45, 7) is 0. The lowest BCUT2D eigenvalue weighted by Crippen LogP contribution is -2.50. The van der Waals surface area contributed by atoms with E-state index >= 15 is 0 Å². The molecule has 5 heteroatoms. The molecule has 1 aliphatic carbocycles. The normalized spacial score (nSPS) is 16.5. The molecular formula is C14H18N2O3. The van der Waals surface area contributed by atoms with Gasteiger partial charge in [0, 0.05) is 24.7 Å². The van der Waals surface area contributed by atoms with E-state index in [1.807, 2.05) is 0 Å². The number of carbonyl (C=O) groups excluding carboxylic acids is 1. The Kier molecular flexibility index (Phi) is 3.57. The van der Waals surface area contributed by atoms with E-state index in [-0.39, 0.29) is 17.0 Å². The van der Waals surface area contributed by atoms with Crippen LogP contribution in [0.4, 0.5) is 5.69 Å². The second-order valence-electron chi connectivity index (χ2n) is 5.20. The van der Waals surface area contributed by atoms with Crippen LogP contribution in [0.5, 0.6) is 0 Å². The summed E-state index contributed by atoms with van der Waals surface area (Å²) < 4.78 is 0. The second kappa shape index (κ2) is 5.01. The van der Waals surface area contributed by atoms with Crippen LogP contribution in [0.2, 0.25) is 0 Å². The Morgan fingerprint density at radius 3 is 2.32 bits per heavy atom. The second-order valence-corrected chi connectivity index (χ2v) is 5.20. The molecule has 1 fully saturated rings. The van der Waals surface area contributed by atoms with Crippen molar-refractivity contribution in [2.75, 3.05) is 11.9 Å². The number of aromatic carboxylic acids is 1. The predicted molar refractivity (Wildman–Crippen MR) is 72.2 cm³/mol. The number of carbonyl (C=O) groups is 2. The smallest absolute Gasteiger partial charge is 0.335 e. The van der Waals surface area contributed by atoms with Crippen LogP contribution in [0.3, 0.4) is 0 Å². The summed E-state index contributed by atoms with van der Waals surface area (Å²) in [6.07, 6.45) is 3.21. The van der Waals surface area contributed by atoms with Crippen molar-refractivity contribution in [3.63, 3.8) is 0 Å². The van der Waals surface area contributed by atoms with E-state index in [1.165, 1.54) is 17.0 Å². The highest BCUT2D eigenvalue weighted by Gasteiger charge is 2.35. The molecule has 0 aromatic heterocycles. The molecular weight excluding hydrogens is 244 g/mol. The zero-order valence-corrected chi connectivity index (χ0v) is 10.9. The summed E-state index contributed by atoms with van der Waals surface area (Å²) in [5.74, 6) is -1.01. The van der Waals surface area contributed by atoms with E-state index in [9.17, 15) is 9.59 Å². The van der Waals surface area contributed by atoms with Gasteiger partial charge in [0.1, 0.15) is 0 Å². The van der Waals surface area contributed by atoms with Crippen LogP contribution < -0.4 is 10.6 Å². The van der Waals surface area contributed by atoms with Gasteiger partial charge in [-0.1, -0.05) is 0 Å². The minimum atomic E-state index is -0.976. The highest BCUT2D eigenvalue weighted by Crippen LogP contribution is 2.33. The Balaban J connectivity index is 2.04. The number of carboxylic acid groups (broad SMARTS) is 1. The van der Waals surface area contributed by atoms with Gasteiger partial charge in [0.15, 0.2) is 0 Å². The van der Waals surface area contributed by atoms with Gasteiger partial charge >= 0.3 is 5.97 Å². The van der Waals surface area contributed by atoms with Gasteiger partial charge < -0.3 is 15.7 Å². The molecule has 102 valence electrons. The molecule has 0 spiro atoms. The molecule has 1 aliphatic rings. The fourth-order valence-electron chi connectivity index (χ4n) is 2.20. The molecule has 0 unspecified atom stereocenters. The standard InChI is InChI=1S/C14H18N2O3/c1-16(12(17)9-14(15)7-2-8-14)11-5-3-10(4-6-11)13(18)19/h3-6H,2,7-9,15H2,1H3,(H,18,19). The SMILES string of the molecule is CN(C(=O)CC1(N)CCC1)c1ccc(C(=O)O)cc1. The first-order chi connectivity index (χ1) is 8.91. The fraction of sp³-hybridized carbons (Fsp3) is 0.429. The lowest BCUT2D eigenvalue weighted by Gasteiger charge is -2.38. The van der Waals surface area contributed by atoms with Crippen LogP contribution in [0.1, 0.15) is 36.0 Å². The summed E-state index contributed by atoms with van der Waals surface area (Å²) in [7, 11) is 1.68. The Morgan fingerprint density at radius 1 is 1.32 bits per heavy atom. The molecule has 1 aromatic rings. The van der Waals surface area contributed by atoms with Crippen LogP contribution in [-0.4, -0.2) is 29.6 Å². The molecule has 0 atom stereocenters. The number of nitrogens with two attached hydrogens (primary N) is 1. The third-order valence-electron chi connectivity index (χ3n) is 3.73. The van der Waals surface area contributed by atoms with Gasteiger partial charge in [-0.2, -0.15) is 0 Å². The molecule has 1 saturated carbocycles. The topological polar surface area (TPSA) is 83.6 Å². The van der Waals surface area contributed by atoms with Gasteiger partial charge in [-0.05, 0) is 43.5 Å². The summed E-state index contributed by atoms with van der Waals surface area (Å²) in [4.78, 5) is 24.4. The number of benzene rings is 1. The maximum absolute atomic E-state index is 12.1. The van der Waals surface area contributed by atoms with Crippen LogP contribution in [0.15, 0.2) is 24.3 Å². The summed E-state index contributed by atoms with van der Waals surface area (Å²) >= 11 is 0. The number of hydrogen-bond acceptors (Lipinski definition) is 3. The molecule has 3 N–H and O–H groups in total. The average molecular weight is 262 g/mol. The predicted octanol–water partition coefficient (Wildman–Crippen LogP) is 1.62. The van der Waals surface area contributed by atoms with Crippen LogP contribution in [0, 0.1) is 0 Å². The van der Waals surface area contributed by atoms with E-state index < -0.39 is 5.97 Å². The van der Waals surface area contributed by atoms with E-state index in [0.717, 1.165) is 19.3 Å². The van der Waals surface area contributed by atoms with E-state index in [2.05, 4.69) is 0 Å². The summed E-state index contributed by atoms with van der Waals surface area (Å²) in [5, 5.41) is 8.82. The lowest BCUT2D eigenvalue weighted by molar-refractivity contribution is -0.120. The monoisotopic (exact) mass is 262 g/mol. The molecule has 1 aromatic carbocycles. The maximum atomic E-state index is 12.1. The molecule has 1 amide bonds. The van der Waals surface area contributed by atoms with Crippen molar-refractivity contribution in [1.82, 2.24) is 0 Å². The highest BCUT2D eigenvalue weighted by atomic mass is 16.4. The summed E-state index contributed by atoms with van der Waals surface area (Å²) in [5.41, 5.74) is 6.60. The molecule has 0 aliphatic heterocycles. The first-order valence-electron chi connectivity index (χ1n) is 6.30. The third kappa shape index (κ3) is 2.93. The molecule has 0 heterocycles. The van der Waals surface area contributed by atoms with Crippen LogP contribution in [0.25, 0.3) is 0 Å². The Bertz CT molecular complexity index is 492. The molecule has 5 nitrogen and oxygen atoms in total. The number of hydrogen-bond donors (Lipinski definition) is 2. The molecule has 0 bridgehead atoms. The van der Waals surface area contributed by atoms with Gasteiger partial charge in [0.25, 0.3) is 0 Å². The van der Waals surface area contributed by atoms with Crippen molar-refractivity contribution < 1.29 is 14.7 Å². The van der Waals surface area contributed by atoms with Crippen molar-refractivity contribution in [1.29, 1.82) is 0 Å². The maximum Gasteiger partial charge on any atom is 0.335 e. The van der Waals surface area contributed by atoms with Gasteiger partial charge in [-0.25, -0.2) is 4.79 Å². The van der Waals surface area contributed by atoms with E-state index in [4.69, 9.17) is 10.8 Å². The first-order valence-corrected chi connectivity index (χ1v) is 6.30. The largest absolute Gasteiger partial charge is 0.478 e. The lowest BCUT2D eigenvalue weighted by atomic mass is 9.75. The van der Waals surface area contributed by atoms with Crippen LogP contribution >= 0.6 is 0 Å². The molecule has 19 heavy (non-hydrogen) atoms. The van der Waals surface area contributed by atoms with E-state index in [1.54, 1.807) is 19.2 Å². The minimum Gasteiger partial charge on any atom is -0.478 e. The van der Waals surface area contributed by atoms with Gasteiger partial charge in [-0.15, -0.1) is 0 Å². The first kappa shape index (κ1) is 13.5. The van der Waals surface area contributed by atoms with Gasteiger partial charge in [0.2, 0.25) is 5.91 Å². The number of anilines is 1. The van der Waals surface area contributed by atoms with E-state index in [0.29, 0.717) is 12.1 Å². The fourth-order valence-corrected chi connectivity index (χ4v) is 2.20. The number of carboxylic acids is 1. The minimum absolute atomic E-state index is 0.0368. The quantitative estimate of drug-likeness (QED) is 0.863. The third-order valence-corrected chi connectivity index (χ3v) is 3.73. The van der Waals surface area contributed by atoms with Gasteiger partial charge in [0.05, 0.1) is 5.56 Å². The summed E-state index contributed by atoms with van der Waals surface area (Å²) in [6, 6.07) is 6.24. The van der Waals surface area contributed by atoms with Crippen molar-refractivity contribution in [2.24, 2.45) is 5.73 Å². The Morgan fingerprint density at radius 2 is 1.89 bits per heavy atom. The zero-order valence-electron chi connectivity index (χ0n) is 10.9. The number of rotatable bonds is 4. The van der Waals surface area contributed by atoms with Crippen molar-refractivity contribution in [3.05, 3.63) is 29.8 Å². The molecule has 0 radical (unpaired) electrons. The van der Waals surface area contributed by atoms with Gasteiger partial charge in [-0.3, -0.25) is 4.79 Å². The number of nitrogens with zero attached hydrogens (tertiary/aromatic N) is 1. The Hall–Kier alpha value is -1.88. The van der Waals surface area contributed by atoms with Crippen LogP contribution in [-0.2, 0) is 4.79 Å². The van der Waals surface area contributed by atoms with Crippen molar-refractivity contribution in [3.8, 4) is 0 Å². The zero-order chi connectivity index (χ0) is 14.0. The average Bonchev–Trinajstić information content (AvgIpc) is 2.36. The highest BCUT2D eigenvalue weighted by molar-refractivity contribution is 5.94. The van der Waals surface area contributed by atoms with Crippen molar-refractivity contribution >= 4 is 17.6 Å². The van der Waals surface area contributed by atoms with Crippen molar-refractivity contribution in [2.45, 2.75) is 31.2 Å². The number of amides is 1. The molecule has 0 saturated heterocycles. The molecule has 2 rings (SSSR count). The Labute approximate surface area is 112 Å².